The summed E-state index contributed by atoms with van der Waals surface area (Å²) < 4.78 is 8.74. The summed E-state index contributed by atoms with van der Waals surface area (Å²) in [6.07, 6.45) is 13.6. The Morgan fingerprint density at radius 2 is 1.35 bits per heavy atom. The molecule has 0 aliphatic heterocycles. The van der Waals surface area contributed by atoms with E-state index >= 15 is 0 Å². The van der Waals surface area contributed by atoms with E-state index in [1.807, 2.05) is 0 Å². The molecule has 0 aromatic carbocycles. The average Bonchev–Trinajstić information content (AvgIpc) is 2.35. The fraction of sp³-hybridized carbons (Fsp3) is 0.923. The lowest BCUT2D eigenvalue weighted by atomic mass is 10.1. The summed E-state index contributed by atoms with van der Waals surface area (Å²) in [5.41, 5.74) is 5.33. The summed E-state index contributed by atoms with van der Waals surface area (Å²) in [7, 11) is -3.13. The van der Waals surface area contributed by atoms with Crippen LogP contribution in [0.4, 0.5) is 0 Å². The zero-order chi connectivity index (χ0) is 15.6. The molecule has 5 nitrogen and oxygen atoms in total. The Labute approximate surface area is 129 Å². The van der Waals surface area contributed by atoms with E-state index < -0.39 is 8.25 Å². The van der Waals surface area contributed by atoms with Crippen LogP contribution in [0, 0.1) is 0 Å². The lowest BCUT2D eigenvalue weighted by molar-refractivity contribution is 0.405. The second-order valence-electron chi connectivity index (χ2n) is 4.70. The first-order valence-corrected chi connectivity index (χ1v) is 9.16. The van der Waals surface area contributed by atoms with Crippen LogP contribution in [-0.4, -0.2) is 21.5 Å². The fourth-order valence-electron chi connectivity index (χ4n) is 1.79. The first kappa shape index (κ1) is 22.3. The number of unbranched alkanes of at least 4 members (excludes halogenated alkanes) is 9. The van der Waals surface area contributed by atoms with E-state index in [1.165, 1.54) is 57.8 Å². The second-order valence-corrected chi connectivity index (χ2v) is 5.73. The van der Waals surface area contributed by atoms with Crippen LogP contribution in [0.25, 0.3) is 0 Å². The number of thiol groups is 1. The third-order valence-electron chi connectivity index (χ3n) is 2.79. The van der Waals surface area contributed by atoms with Gasteiger partial charge in [-0.25, -0.2) is 0 Å². The van der Waals surface area contributed by atoms with Crippen LogP contribution in [0.5, 0.6) is 0 Å². The molecule has 0 radical (unpaired) electrons. The van der Waals surface area contributed by atoms with E-state index in [-0.39, 0.29) is 0 Å². The number of hydrogen-bond donors (Lipinski definition) is 4. The Balaban J connectivity index is 0. The van der Waals surface area contributed by atoms with E-state index in [9.17, 15) is 0 Å². The van der Waals surface area contributed by atoms with Crippen molar-refractivity contribution in [3.05, 3.63) is 0 Å². The van der Waals surface area contributed by atoms with Crippen LogP contribution in [0.1, 0.15) is 71.1 Å². The van der Waals surface area contributed by atoms with E-state index in [0.29, 0.717) is 5.17 Å². The lowest BCUT2D eigenvalue weighted by Gasteiger charge is -2.01. The van der Waals surface area contributed by atoms with Crippen molar-refractivity contribution in [3.63, 3.8) is 0 Å². The van der Waals surface area contributed by atoms with Gasteiger partial charge in [0.1, 0.15) is 0 Å². The molecular weight excluding hydrogens is 295 g/mol. The van der Waals surface area contributed by atoms with Crippen LogP contribution >= 0.6 is 20.9 Å². The van der Waals surface area contributed by atoms with E-state index in [4.69, 9.17) is 20.1 Å². The predicted octanol–water partition coefficient (Wildman–Crippen LogP) is 3.51. The lowest BCUT2D eigenvalue weighted by Crippen LogP contribution is -2.02. The van der Waals surface area contributed by atoms with Crippen LogP contribution < -0.4 is 5.73 Å². The summed E-state index contributed by atoms with van der Waals surface area (Å²) in [5, 5.41) is 0.413. The molecule has 0 fully saturated rings. The first-order valence-electron chi connectivity index (χ1n) is 7.41. The SMILES string of the molecule is CCCCCCCCCCCCN=C(N)S.O=[PH](O)O. The maximum atomic E-state index is 8.74. The molecule has 122 valence electrons. The number of hydrogen-bond acceptors (Lipinski definition) is 2. The number of nitrogens with two attached hydrogens (primary N) is 1. The normalized spacial score (nSPS) is 11.3. The molecule has 0 aliphatic carbocycles. The van der Waals surface area contributed by atoms with E-state index in [1.54, 1.807) is 0 Å². The maximum absolute atomic E-state index is 8.74. The van der Waals surface area contributed by atoms with Crippen molar-refractivity contribution in [1.29, 1.82) is 0 Å². The zero-order valence-electron chi connectivity index (χ0n) is 12.6. The average molecular weight is 326 g/mol. The Morgan fingerprint density at radius 3 is 1.70 bits per heavy atom. The van der Waals surface area contributed by atoms with Gasteiger partial charge in [0.2, 0.25) is 0 Å². The smallest absolute Gasteiger partial charge is 0.314 e. The van der Waals surface area contributed by atoms with Crippen molar-refractivity contribution in [2.75, 3.05) is 6.54 Å². The van der Waals surface area contributed by atoms with Crippen molar-refractivity contribution in [3.8, 4) is 0 Å². The molecule has 0 saturated carbocycles. The highest BCUT2D eigenvalue weighted by atomic mass is 32.1. The molecule has 0 aromatic rings. The van der Waals surface area contributed by atoms with Gasteiger partial charge in [-0.05, 0) is 6.42 Å². The van der Waals surface area contributed by atoms with Crippen LogP contribution in [-0.2, 0) is 4.57 Å². The summed E-state index contributed by atoms with van der Waals surface area (Å²) in [4.78, 5) is 18.4. The van der Waals surface area contributed by atoms with Gasteiger partial charge in [-0.3, -0.25) is 9.56 Å². The van der Waals surface area contributed by atoms with Gasteiger partial charge < -0.3 is 15.5 Å². The van der Waals surface area contributed by atoms with Crippen molar-refractivity contribution in [1.82, 2.24) is 0 Å². The van der Waals surface area contributed by atoms with Crippen molar-refractivity contribution in [2.24, 2.45) is 10.7 Å². The van der Waals surface area contributed by atoms with Crippen molar-refractivity contribution >= 4 is 26.1 Å². The summed E-state index contributed by atoms with van der Waals surface area (Å²) in [6, 6.07) is 0. The number of amidine groups is 1. The maximum Gasteiger partial charge on any atom is 0.314 e. The van der Waals surface area contributed by atoms with Gasteiger partial charge in [0.25, 0.3) is 0 Å². The Morgan fingerprint density at radius 1 is 1.00 bits per heavy atom. The highest BCUT2D eigenvalue weighted by Crippen LogP contribution is 2.10. The fourth-order valence-corrected chi connectivity index (χ4v) is 1.89. The molecule has 0 unspecified atom stereocenters. The van der Waals surface area contributed by atoms with E-state index in [2.05, 4.69) is 24.5 Å². The highest BCUT2D eigenvalue weighted by Gasteiger charge is 1.92. The van der Waals surface area contributed by atoms with Gasteiger partial charge >= 0.3 is 8.25 Å². The molecule has 7 heteroatoms. The second kappa shape index (κ2) is 19.0. The van der Waals surface area contributed by atoms with Gasteiger partial charge in [-0.15, -0.1) is 12.6 Å². The molecule has 0 aromatic heterocycles. The molecule has 0 atom stereocenters. The Kier molecular flexibility index (Phi) is 21.1. The van der Waals surface area contributed by atoms with Gasteiger partial charge in [-0.2, -0.15) is 0 Å². The molecule has 4 N–H and O–H groups in total. The Hall–Kier alpha value is -0.0300. The Bertz CT molecular complexity index is 246. The molecule has 0 spiro atoms. The van der Waals surface area contributed by atoms with Crippen molar-refractivity contribution in [2.45, 2.75) is 71.1 Å². The molecule has 0 aliphatic rings. The third kappa shape index (κ3) is 30.8. The largest absolute Gasteiger partial charge is 0.379 e. The van der Waals surface area contributed by atoms with Crippen molar-refractivity contribution < 1.29 is 14.4 Å². The van der Waals surface area contributed by atoms with Crippen LogP contribution in [0.15, 0.2) is 4.99 Å². The molecular formula is C13H31N2O3PS. The topological polar surface area (TPSA) is 95.9 Å². The third-order valence-corrected chi connectivity index (χ3v) is 2.93. The molecule has 0 bridgehead atoms. The number of aliphatic imine (C=N–C) groups is 1. The summed E-state index contributed by atoms with van der Waals surface area (Å²) in [5.74, 6) is 0. The molecule has 0 saturated heterocycles. The van der Waals surface area contributed by atoms with Gasteiger partial charge in [0.15, 0.2) is 5.17 Å². The standard InChI is InChI=1S/C13H28N2S.H3O3P/c1-2-3-4-5-6-7-8-9-10-11-12-15-13(14)16;1-4(2)3/h2-12H2,1H3,(H3,14,15,16);4H,(H2,1,2,3). The minimum Gasteiger partial charge on any atom is -0.379 e. The monoisotopic (exact) mass is 326 g/mol. The van der Waals surface area contributed by atoms with Gasteiger partial charge in [-0.1, -0.05) is 64.7 Å². The molecule has 0 amide bonds. The van der Waals surface area contributed by atoms with Gasteiger partial charge in [0, 0.05) is 6.54 Å². The minimum absolute atomic E-state index is 0.413. The number of nitrogens with zero attached hydrogens (tertiary/aromatic N) is 1. The van der Waals surface area contributed by atoms with Crippen LogP contribution in [0.3, 0.4) is 0 Å². The highest BCUT2D eigenvalue weighted by molar-refractivity contribution is 7.96. The first-order chi connectivity index (χ1) is 9.50. The summed E-state index contributed by atoms with van der Waals surface area (Å²) >= 11 is 3.92. The summed E-state index contributed by atoms with van der Waals surface area (Å²) in [6.45, 7) is 3.10. The predicted molar refractivity (Wildman–Crippen MR) is 90.8 cm³/mol. The minimum atomic E-state index is -3.13. The van der Waals surface area contributed by atoms with E-state index in [0.717, 1.165) is 13.0 Å². The zero-order valence-corrected chi connectivity index (χ0v) is 14.4. The van der Waals surface area contributed by atoms with Gasteiger partial charge in [0.05, 0.1) is 0 Å². The number of rotatable bonds is 11. The molecule has 0 rings (SSSR count). The molecule has 20 heavy (non-hydrogen) atoms. The van der Waals surface area contributed by atoms with Crippen LogP contribution in [0.2, 0.25) is 0 Å². The molecule has 0 heterocycles. The quantitative estimate of drug-likeness (QED) is 0.154.